The molecule has 0 aliphatic rings. The molecular formula is C24H20FN5O2S. The zero-order valence-corrected chi connectivity index (χ0v) is 18.3. The second-order valence-electron chi connectivity index (χ2n) is 7.37. The monoisotopic (exact) mass is 461 g/mol. The molecule has 0 spiro atoms. The maximum Gasteiger partial charge on any atom is 0.178 e. The average Bonchev–Trinajstić information content (AvgIpc) is 3.28. The normalized spacial score (nSPS) is 11.2. The molecule has 0 bridgehead atoms. The number of nitrogens with zero attached hydrogens (tertiary/aromatic N) is 4. The minimum Gasteiger partial charge on any atom is -0.354 e. The van der Waals surface area contributed by atoms with Crippen molar-refractivity contribution in [2.75, 3.05) is 12.3 Å². The van der Waals surface area contributed by atoms with Crippen molar-refractivity contribution in [1.82, 2.24) is 9.97 Å². The summed E-state index contributed by atoms with van der Waals surface area (Å²) >= 11 is 0. The van der Waals surface area contributed by atoms with E-state index in [0.717, 1.165) is 33.6 Å². The summed E-state index contributed by atoms with van der Waals surface area (Å²) in [7, 11) is -3.47. The standard InChI is InChI=1S/C24H20FN5O2S/c25-20-6-2-19(3-7-20)24-22(17-10-13-27-14-11-17)16-23(29-24)18-4-8-21(9-5-18)33(31,32)15-1-12-28-30-26/h2-11,13-14,16,29H,1,12,15H2. The van der Waals surface area contributed by atoms with E-state index in [2.05, 4.69) is 20.0 Å². The number of H-pyrrole nitrogens is 1. The van der Waals surface area contributed by atoms with Gasteiger partial charge in [0.1, 0.15) is 5.82 Å². The van der Waals surface area contributed by atoms with Crippen LogP contribution in [0.25, 0.3) is 44.1 Å². The highest BCUT2D eigenvalue weighted by Crippen LogP contribution is 2.36. The fourth-order valence-corrected chi connectivity index (χ4v) is 4.84. The Labute approximate surface area is 190 Å². The number of aromatic amines is 1. The molecule has 0 radical (unpaired) electrons. The summed E-state index contributed by atoms with van der Waals surface area (Å²) in [6.07, 6.45) is 3.68. The summed E-state index contributed by atoms with van der Waals surface area (Å²) in [6, 6.07) is 18.7. The van der Waals surface area contributed by atoms with Crippen molar-refractivity contribution in [3.05, 3.63) is 95.4 Å². The third-order valence-corrected chi connectivity index (χ3v) is 7.02. The molecule has 0 amide bonds. The van der Waals surface area contributed by atoms with Gasteiger partial charge in [-0.05, 0) is 83.2 Å². The molecule has 9 heteroatoms. The number of hydrogen-bond acceptors (Lipinski definition) is 4. The quantitative estimate of drug-likeness (QED) is 0.150. The second-order valence-corrected chi connectivity index (χ2v) is 9.47. The first-order valence-electron chi connectivity index (χ1n) is 10.2. The van der Waals surface area contributed by atoms with Crippen LogP contribution in [0.5, 0.6) is 0 Å². The van der Waals surface area contributed by atoms with Gasteiger partial charge in [-0.15, -0.1) is 0 Å². The molecule has 2 aromatic heterocycles. The van der Waals surface area contributed by atoms with Crippen molar-refractivity contribution in [3.63, 3.8) is 0 Å². The molecule has 0 atom stereocenters. The van der Waals surface area contributed by atoms with Gasteiger partial charge in [0, 0.05) is 35.1 Å². The van der Waals surface area contributed by atoms with Crippen LogP contribution in [0.15, 0.2) is 89.1 Å². The first kappa shape index (κ1) is 22.3. The molecule has 33 heavy (non-hydrogen) atoms. The molecule has 0 saturated carbocycles. The highest BCUT2D eigenvalue weighted by molar-refractivity contribution is 7.91. The van der Waals surface area contributed by atoms with Gasteiger partial charge in [0.15, 0.2) is 9.84 Å². The van der Waals surface area contributed by atoms with Crippen LogP contribution in [0.2, 0.25) is 0 Å². The van der Waals surface area contributed by atoms with E-state index in [9.17, 15) is 12.8 Å². The number of rotatable bonds is 8. The number of azide groups is 1. The van der Waals surface area contributed by atoms with Gasteiger partial charge < -0.3 is 4.98 Å². The minimum absolute atomic E-state index is 0.0885. The van der Waals surface area contributed by atoms with Gasteiger partial charge >= 0.3 is 0 Å². The molecule has 166 valence electrons. The molecule has 2 aromatic carbocycles. The fourth-order valence-electron chi connectivity index (χ4n) is 3.54. The smallest absolute Gasteiger partial charge is 0.178 e. The van der Waals surface area contributed by atoms with Crippen molar-refractivity contribution in [3.8, 4) is 33.6 Å². The summed E-state index contributed by atoms with van der Waals surface area (Å²) < 4.78 is 38.5. The van der Waals surface area contributed by atoms with E-state index in [1.165, 1.54) is 12.1 Å². The molecule has 0 fully saturated rings. The number of aromatic nitrogens is 2. The van der Waals surface area contributed by atoms with E-state index >= 15 is 0 Å². The van der Waals surface area contributed by atoms with Gasteiger partial charge in [0.05, 0.1) is 16.3 Å². The summed E-state index contributed by atoms with van der Waals surface area (Å²) in [4.78, 5) is 10.3. The first-order chi connectivity index (χ1) is 16.0. The van der Waals surface area contributed by atoms with Crippen LogP contribution in [0, 0.1) is 5.82 Å². The predicted molar refractivity (Wildman–Crippen MR) is 126 cm³/mol. The Morgan fingerprint density at radius 1 is 0.939 bits per heavy atom. The summed E-state index contributed by atoms with van der Waals surface area (Å²) in [6.45, 7) is 0.139. The van der Waals surface area contributed by atoms with Crippen LogP contribution in [-0.2, 0) is 9.84 Å². The summed E-state index contributed by atoms with van der Waals surface area (Å²) in [5.74, 6) is -0.401. The lowest BCUT2D eigenvalue weighted by Gasteiger charge is -2.05. The zero-order valence-electron chi connectivity index (χ0n) is 17.5. The first-order valence-corrected chi connectivity index (χ1v) is 11.9. The Kier molecular flexibility index (Phi) is 6.53. The van der Waals surface area contributed by atoms with Crippen LogP contribution < -0.4 is 0 Å². The van der Waals surface area contributed by atoms with E-state index in [-0.39, 0.29) is 29.4 Å². The minimum atomic E-state index is -3.47. The highest BCUT2D eigenvalue weighted by Gasteiger charge is 2.16. The Morgan fingerprint density at radius 3 is 2.27 bits per heavy atom. The third kappa shape index (κ3) is 5.11. The van der Waals surface area contributed by atoms with Gasteiger partial charge in [-0.3, -0.25) is 4.98 Å². The van der Waals surface area contributed by atoms with Crippen molar-refractivity contribution in [1.29, 1.82) is 0 Å². The summed E-state index contributed by atoms with van der Waals surface area (Å²) in [5, 5.41) is 3.37. The maximum atomic E-state index is 13.5. The number of benzene rings is 2. The number of nitrogens with one attached hydrogen (secondary N) is 1. The Hall–Kier alpha value is -3.94. The lowest BCUT2D eigenvalue weighted by Crippen LogP contribution is -2.07. The van der Waals surface area contributed by atoms with Crippen LogP contribution in [-0.4, -0.2) is 30.7 Å². The van der Waals surface area contributed by atoms with E-state index in [1.54, 1.807) is 48.8 Å². The lowest BCUT2D eigenvalue weighted by molar-refractivity contribution is 0.593. The van der Waals surface area contributed by atoms with E-state index in [0.29, 0.717) is 0 Å². The van der Waals surface area contributed by atoms with Crippen LogP contribution in [0.4, 0.5) is 4.39 Å². The topological polar surface area (TPSA) is 112 Å². The molecule has 0 saturated heterocycles. The largest absolute Gasteiger partial charge is 0.354 e. The van der Waals surface area contributed by atoms with Crippen LogP contribution in [0.3, 0.4) is 0 Å². The Morgan fingerprint density at radius 2 is 1.61 bits per heavy atom. The Balaban J connectivity index is 1.68. The van der Waals surface area contributed by atoms with Crippen molar-refractivity contribution in [2.24, 2.45) is 5.11 Å². The maximum absolute atomic E-state index is 13.5. The predicted octanol–water partition coefficient (Wildman–Crippen LogP) is 6.02. The zero-order chi connectivity index (χ0) is 23.3. The molecule has 0 aliphatic heterocycles. The van der Waals surface area contributed by atoms with Gasteiger partial charge in [0.25, 0.3) is 0 Å². The van der Waals surface area contributed by atoms with Gasteiger partial charge in [-0.1, -0.05) is 17.2 Å². The SMILES string of the molecule is [N-]=[N+]=NCCCS(=O)(=O)c1ccc(-c2cc(-c3ccncc3)c(-c3ccc(F)cc3)[nH]2)cc1. The van der Waals surface area contributed by atoms with Crippen molar-refractivity contribution in [2.45, 2.75) is 11.3 Å². The molecule has 4 rings (SSSR count). The molecule has 2 heterocycles. The molecule has 7 nitrogen and oxygen atoms in total. The molecule has 0 unspecified atom stereocenters. The average molecular weight is 462 g/mol. The number of pyridine rings is 1. The van der Waals surface area contributed by atoms with Crippen LogP contribution in [0.1, 0.15) is 6.42 Å². The number of sulfone groups is 1. The highest BCUT2D eigenvalue weighted by atomic mass is 32.2. The van der Waals surface area contributed by atoms with E-state index in [1.807, 2.05) is 18.2 Å². The van der Waals surface area contributed by atoms with Gasteiger partial charge in [0.2, 0.25) is 0 Å². The molecule has 4 aromatic rings. The van der Waals surface area contributed by atoms with Crippen molar-refractivity contribution < 1.29 is 12.8 Å². The van der Waals surface area contributed by atoms with Gasteiger partial charge in [-0.25, -0.2) is 12.8 Å². The number of halogens is 1. The Bertz CT molecular complexity index is 1390. The van der Waals surface area contributed by atoms with Crippen LogP contribution >= 0.6 is 0 Å². The van der Waals surface area contributed by atoms with Gasteiger partial charge in [-0.2, -0.15) is 0 Å². The van der Waals surface area contributed by atoms with E-state index in [4.69, 9.17) is 5.53 Å². The lowest BCUT2D eigenvalue weighted by atomic mass is 10.0. The fraction of sp³-hybridized carbons (Fsp3) is 0.125. The molecular weight excluding hydrogens is 441 g/mol. The number of hydrogen-bond donors (Lipinski definition) is 1. The van der Waals surface area contributed by atoms with E-state index < -0.39 is 9.84 Å². The second kappa shape index (κ2) is 9.68. The molecule has 1 N–H and O–H groups in total. The third-order valence-electron chi connectivity index (χ3n) is 5.20. The summed E-state index contributed by atoms with van der Waals surface area (Å²) in [5.41, 5.74) is 13.5. The molecule has 0 aliphatic carbocycles. The van der Waals surface area contributed by atoms with Crippen molar-refractivity contribution >= 4 is 9.84 Å².